The van der Waals surface area contributed by atoms with Crippen molar-refractivity contribution in [3.8, 4) is 12.3 Å². The summed E-state index contributed by atoms with van der Waals surface area (Å²) in [7, 11) is 0. The van der Waals surface area contributed by atoms with E-state index in [2.05, 4.69) is 40.4 Å². The molecule has 19 heavy (non-hydrogen) atoms. The summed E-state index contributed by atoms with van der Waals surface area (Å²) in [6.07, 6.45) is 10.3. The minimum atomic E-state index is 0.570. The quantitative estimate of drug-likeness (QED) is 0.833. The number of piperidine rings is 1. The minimum Gasteiger partial charge on any atom is -0.307 e. The number of hydrogen-bond donors (Lipinski definition) is 1. The highest BCUT2D eigenvalue weighted by Gasteiger charge is 2.26. The molecule has 0 saturated carbocycles. The number of nitrogens with one attached hydrogen (secondary N) is 1. The lowest BCUT2D eigenvalue weighted by atomic mass is 10.0. The Labute approximate surface area is 116 Å². The van der Waals surface area contributed by atoms with Crippen LogP contribution in [0.4, 0.5) is 0 Å². The van der Waals surface area contributed by atoms with Gasteiger partial charge in [0.1, 0.15) is 0 Å². The summed E-state index contributed by atoms with van der Waals surface area (Å²) in [4.78, 5) is 2.38. The third-order valence-corrected chi connectivity index (χ3v) is 4.47. The highest BCUT2D eigenvalue weighted by molar-refractivity contribution is 5.34. The summed E-state index contributed by atoms with van der Waals surface area (Å²) in [6.45, 7) is 3.07. The van der Waals surface area contributed by atoms with Gasteiger partial charge < -0.3 is 5.32 Å². The van der Waals surface area contributed by atoms with Crippen LogP contribution in [0.15, 0.2) is 24.3 Å². The van der Waals surface area contributed by atoms with Gasteiger partial charge in [0, 0.05) is 25.2 Å². The zero-order valence-corrected chi connectivity index (χ0v) is 11.4. The van der Waals surface area contributed by atoms with Crippen LogP contribution in [0.5, 0.6) is 0 Å². The van der Waals surface area contributed by atoms with Gasteiger partial charge in [0.05, 0.1) is 6.54 Å². The Morgan fingerprint density at radius 2 is 2.00 bits per heavy atom. The molecule has 0 radical (unpaired) electrons. The highest BCUT2D eigenvalue weighted by Crippen LogP contribution is 2.31. The maximum Gasteiger partial charge on any atom is 0.0598 e. The van der Waals surface area contributed by atoms with Crippen LogP contribution in [-0.2, 0) is 6.42 Å². The molecule has 1 fully saturated rings. The second-order valence-corrected chi connectivity index (χ2v) is 5.71. The molecule has 1 saturated heterocycles. The molecule has 1 N–H and O–H groups in total. The predicted octanol–water partition coefficient (Wildman–Crippen LogP) is 2.36. The van der Waals surface area contributed by atoms with Gasteiger partial charge >= 0.3 is 0 Å². The normalized spacial score (nSPS) is 24.1. The van der Waals surface area contributed by atoms with Crippen LogP contribution in [0.3, 0.4) is 0 Å². The summed E-state index contributed by atoms with van der Waals surface area (Å²) < 4.78 is 0. The lowest BCUT2D eigenvalue weighted by molar-refractivity contribution is 0.209. The largest absolute Gasteiger partial charge is 0.307 e. The molecule has 0 aromatic heterocycles. The lowest BCUT2D eigenvalue weighted by Gasteiger charge is -2.33. The second-order valence-electron chi connectivity index (χ2n) is 5.71. The van der Waals surface area contributed by atoms with Crippen molar-refractivity contribution >= 4 is 0 Å². The van der Waals surface area contributed by atoms with Gasteiger partial charge in [0.25, 0.3) is 0 Å². The van der Waals surface area contributed by atoms with Gasteiger partial charge in [0.2, 0.25) is 0 Å². The first-order valence-electron chi connectivity index (χ1n) is 7.36. The Balaban J connectivity index is 1.55. The fourth-order valence-corrected chi connectivity index (χ4v) is 3.40. The first kappa shape index (κ1) is 12.7. The monoisotopic (exact) mass is 254 g/mol. The number of rotatable bonds is 3. The van der Waals surface area contributed by atoms with Crippen LogP contribution in [0, 0.1) is 12.3 Å². The SMILES string of the molecule is C#CCN1CCC(NC2CCc3ccccc32)CC1. The summed E-state index contributed by atoms with van der Waals surface area (Å²) in [6, 6.07) is 10.1. The van der Waals surface area contributed by atoms with E-state index in [9.17, 15) is 0 Å². The summed E-state index contributed by atoms with van der Waals surface area (Å²) >= 11 is 0. The fraction of sp³-hybridized carbons (Fsp3) is 0.529. The number of benzene rings is 1. The fourth-order valence-electron chi connectivity index (χ4n) is 3.40. The molecule has 0 spiro atoms. The Hall–Kier alpha value is -1.30. The van der Waals surface area contributed by atoms with E-state index in [0.717, 1.165) is 19.6 Å². The second kappa shape index (κ2) is 5.77. The average molecular weight is 254 g/mol. The molecule has 100 valence electrons. The smallest absolute Gasteiger partial charge is 0.0598 e. The molecule has 0 bridgehead atoms. The molecule has 3 rings (SSSR count). The van der Waals surface area contributed by atoms with E-state index < -0.39 is 0 Å². The van der Waals surface area contributed by atoms with Crippen molar-refractivity contribution in [3.63, 3.8) is 0 Å². The van der Waals surface area contributed by atoms with Crippen LogP contribution < -0.4 is 5.32 Å². The first-order chi connectivity index (χ1) is 9.36. The lowest BCUT2D eigenvalue weighted by Crippen LogP contribution is -2.43. The van der Waals surface area contributed by atoms with Gasteiger partial charge in [-0.2, -0.15) is 0 Å². The molecule has 1 atom stereocenters. The molecule has 0 amide bonds. The Morgan fingerprint density at radius 1 is 1.21 bits per heavy atom. The van der Waals surface area contributed by atoms with Crippen molar-refractivity contribution in [2.45, 2.75) is 37.8 Å². The van der Waals surface area contributed by atoms with Gasteiger partial charge in [0.15, 0.2) is 0 Å². The van der Waals surface area contributed by atoms with Crippen LogP contribution in [0.1, 0.15) is 36.4 Å². The molecule has 1 aromatic carbocycles. The van der Waals surface area contributed by atoms with E-state index in [4.69, 9.17) is 6.42 Å². The van der Waals surface area contributed by atoms with Crippen LogP contribution in [0.2, 0.25) is 0 Å². The van der Waals surface area contributed by atoms with Crippen molar-refractivity contribution in [2.75, 3.05) is 19.6 Å². The topological polar surface area (TPSA) is 15.3 Å². The zero-order valence-electron chi connectivity index (χ0n) is 11.4. The Bertz CT molecular complexity index is 466. The van der Waals surface area contributed by atoms with Gasteiger partial charge in [-0.05, 0) is 36.8 Å². The van der Waals surface area contributed by atoms with Crippen molar-refractivity contribution < 1.29 is 0 Å². The third kappa shape index (κ3) is 2.83. The maximum atomic E-state index is 5.37. The number of terminal acetylenes is 1. The zero-order chi connectivity index (χ0) is 13.1. The van der Waals surface area contributed by atoms with Crippen LogP contribution in [-0.4, -0.2) is 30.6 Å². The molecule has 1 unspecified atom stereocenters. The van der Waals surface area contributed by atoms with Crippen molar-refractivity contribution in [2.24, 2.45) is 0 Å². The number of hydrogen-bond acceptors (Lipinski definition) is 2. The summed E-state index contributed by atoms with van der Waals surface area (Å²) in [5.74, 6) is 2.74. The predicted molar refractivity (Wildman–Crippen MR) is 78.9 cm³/mol. The van der Waals surface area contributed by atoms with E-state index in [0.29, 0.717) is 12.1 Å². The Kier molecular flexibility index (Phi) is 3.87. The molecule has 1 aliphatic carbocycles. The van der Waals surface area contributed by atoms with Crippen molar-refractivity contribution in [1.82, 2.24) is 10.2 Å². The first-order valence-corrected chi connectivity index (χ1v) is 7.36. The Morgan fingerprint density at radius 3 is 2.79 bits per heavy atom. The van der Waals surface area contributed by atoms with E-state index in [-0.39, 0.29) is 0 Å². The molecule has 2 heteroatoms. The van der Waals surface area contributed by atoms with Gasteiger partial charge in [-0.25, -0.2) is 0 Å². The number of likely N-dealkylation sites (tertiary alicyclic amines) is 1. The van der Waals surface area contributed by atoms with E-state index >= 15 is 0 Å². The maximum absolute atomic E-state index is 5.37. The van der Waals surface area contributed by atoms with E-state index in [1.54, 1.807) is 0 Å². The number of aryl methyl sites for hydroxylation is 1. The standard InChI is InChI=1S/C17H22N2/c1-2-11-19-12-9-15(10-13-19)18-17-8-7-14-5-3-4-6-16(14)17/h1,3-6,15,17-18H,7-13H2. The summed E-state index contributed by atoms with van der Waals surface area (Å²) in [5, 5.41) is 3.86. The number of fused-ring (bicyclic) bond motifs is 1. The highest BCUT2D eigenvalue weighted by atomic mass is 15.1. The molecule has 1 aromatic rings. The third-order valence-electron chi connectivity index (χ3n) is 4.47. The molecular formula is C17H22N2. The van der Waals surface area contributed by atoms with Crippen LogP contribution >= 0.6 is 0 Å². The average Bonchev–Trinajstić information content (AvgIpc) is 2.85. The van der Waals surface area contributed by atoms with Crippen molar-refractivity contribution in [1.29, 1.82) is 0 Å². The van der Waals surface area contributed by atoms with Gasteiger partial charge in [-0.1, -0.05) is 30.2 Å². The molecule has 1 heterocycles. The molecule has 2 nitrogen and oxygen atoms in total. The molecule has 1 aliphatic heterocycles. The van der Waals surface area contributed by atoms with E-state index in [1.807, 2.05) is 0 Å². The van der Waals surface area contributed by atoms with Gasteiger partial charge in [-0.3, -0.25) is 4.90 Å². The van der Waals surface area contributed by atoms with Crippen molar-refractivity contribution in [3.05, 3.63) is 35.4 Å². The number of nitrogens with zero attached hydrogens (tertiary/aromatic N) is 1. The molecule has 2 aliphatic rings. The van der Waals surface area contributed by atoms with E-state index in [1.165, 1.54) is 36.8 Å². The minimum absolute atomic E-state index is 0.570. The van der Waals surface area contributed by atoms with Gasteiger partial charge in [-0.15, -0.1) is 6.42 Å². The summed E-state index contributed by atoms with van der Waals surface area (Å²) in [5.41, 5.74) is 3.05. The molecular weight excluding hydrogens is 232 g/mol. The van der Waals surface area contributed by atoms with Crippen LogP contribution in [0.25, 0.3) is 0 Å².